The van der Waals surface area contributed by atoms with Crippen LogP contribution in [0.3, 0.4) is 0 Å². The molecule has 0 aromatic carbocycles. The quantitative estimate of drug-likeness (QED) is 0.739. The number of aryl methyl sites for hydroxylation is 2. The average Bonchev–Trinajstić information content (AvgIpc) is 2.30. The molecule has 1 atom stereocenters. The third-order valence-corrected chi connectivity index (χ3v) is 2.10. The van der Waals surface area contributed by atoms with Gasteiger partial charge in [0.25, 0.3) is 0 Å². The predicted octanol–water partition coefficient (Wildman–Crippen LogP) is 1.15. The van der Waals surface area contributed by atoms with Crippen LogP contribution in [-0.2, 0) is 6.42 Å². The van der Waals surface area contributed by atoms with E-state index in [2.05, 4.69) is 0 Å². The van der Waals surface area contributed by atoms with Gasteiger partial charge in [-0.2, -0.15) is 0 Å². The summed E-state index contributed by atoms with van der Waals surface area (Å²) in [6.07, 6.45) is 0.646. The molecule has 1 rings (SSSR count). The molecule has 0 aliphatic carbocycles. The summed E-state index contributed by atoms with van der Waals surface area (Å²) in [5.74, 6) is 1.78. The Balaban J connectivity index is 2.79. The molecule has 0 radical (unpaired) electrons. The van der Waals surface area contributed by atoms with Gasteiger partial charge in [-0.25, -0.2) is 0 Å². The smallest absolute Gasteiger partial charge is 0.104 e. The van der Waals surface area contributed by atoms with Crippen LogP contribution in [0.1, 0.15) is 24.0 Å². The Morgan fingerprint density at radius 1 is 1.54 bits per heavy atom. The molecule has 3 nitrogen and oxygen atoms in total. The Morgan fingerprint density at radius 3 is 2.54 bits per heavy atom. The molecule has 13 heavy (non-hydrogen) atoms. The molecule has 1 unspecified atom stereocenters. The summed E-state index contributed by atoms with van der Waals surface area (Å²) in [6, 6.07) is 1.97. The summed E-state index contributed by atoms with van der Waals surface area (Å²) in [7, 11) is 0. The minimum absolute atomic E-state index is 0.0172. The molecule has 3 N–H and O–H groups in total. The maximum Gasteiger partial charge on any atom is 0.104 e. The van der Waals surface area contributed by atoms with Crippen LogP contribution in [0.15, 0.2) is 10.5 Å². The maximum absolute atomic E-state index is 9.00. The van der Waals surface area contributed by atoms with Gasteiger partial charge < -0.3 is 15.3 Å². The molecule has 0 aliphatic heterocycles. The van der Waals surface area contributed by atoms with E-state index >= 15 is 0 Å². The Morgan fingerprint density at radius 2 is 2.15 bits per heavy atom. The van der Waals surface area contributed by atoms with Crippen molar-refractivity contribution in [2.75, 3.05) is 6.61 Å². The van der Waals surface area contributed by atoms with Gasteiger partial charge in [-0.15, -0.1) is 0 Å². The molecule has 0 amide bonds. The number of nitrogens with two attached hydrogens (primary N) is 1. The Kier molecular flexibility index (Phi) is 2.78. The zero-order chi connectivity index (χ0) is 10.1. The number of rotatable bonds is 3. The highest BCUT2D eigenvalue weighted by molar-refractivity contribution is 5.22. The largest absolute Gasteiger partial charge is 0.466 e. The van der Waals surface area contributed by atoms with E-state index in [-0.39, 0.29) is 6.61 Å². The van der Waals surface area contributed by atoms with E-state index in [9.17, 15) is 0 Å². The SMILES string of the molecule is Cc1cc(CC(C)(N)CO)c(C)o1. The van der Waals surface area contributed by atoms with E-state index in [0.717, 1.165) is 17.1 Å². The number of hydrogen-bond acceptors (Lipinski definition) is 3. The molecule has 0 fully saturated rings. The predicted molar refractivity (Wildman–Crippen MR) is 51.6 cm³/mol. The molecule has 1 aromatic heterocycles. The van der Waals surface area contributed by atoms with Crippen LogP contribution in [0.5, 0.6) is 0 Å². The van der Waals surface area contributed by atoms with Crippen molar-refractivity contribution in [3.63, 3.8) is 0 Å². The van der Waals surface area contributed by atoms with E-state index in [1.807, 2.05) is 26.8 Å². The van der Waals surface area contributed by atoms with Crippen molar-refractivity contribution in [2.24, 2.45) is 5.73 Å². The first kappa shape index (κ1) is 10.3. The summed E-state index contributed by atoms with van der Waals surface area (Å²) in [4.78, 5) is 0. The lowest BCUT2D eigenvalue weighted by atomic mass is 9.95. The number of furan rings is 1. The van der Waals surface area contributed by atoms with Crippen LogP contribution in [0.25, 0.3) is 0 Å². The minimum Gasteiger partial charge on any atom is -0.466 e. The highest BCUT2D eigenvalue weighted by Gasteiger charge is 2.20. The second-order valence-electron chi connectivity index (χ2n) is 3.93. The lowest BCUT2D eigenvalue weighted by Gasteiger charge is -2.20. The Labute approximate surface area is 78.5 Å². The molecule has 0 aliphatic rings. The second-order valence-corrected chi connectivity index (χ2v) is 3.93. The molecule has 0 spiro atoms. The van der Waals surface area contributed by atoms with Crippen LogP contribution in [0, 0.1) is 13.8 Å². The molecular formula is C10H17NO2. The lowest BCUT2D eigenvalue weighted by Crippen LogP contribution is -2.42. The first-order valence-electron chi connectivity index (χ1n) is 4.40. The van der Waals surface area contributed by atoms with Crippen molar-refractivity contribution < 1.29 is 9.52 Å². The van der Waals surface area contributed by atoms with Crippen molar-refractivity contribution in [1.82, 2.24) is 0 Å². The van der Waals surface area contributed by atoms with Gasteiger partial charge in [0.1, 0.15) is 11.5 Å². The van der Waals surface area contributed by atoms with Crippen molar-refractivity contribution in [2.45, 2.75) is 32.7 Å². The van der Waals surface area contributed by atoms with Gasteiger partial charge in [-0.3, -0.25) is 0 Å². The van der Waals surface area contributed by atoms with Crippen LogP contribution < -0.4 is 5.73 Å². The van der Waals surface area contributed by atoms with Crippen LogP contribution in [-0.4, -0.2) is 17.3 Å². The van der Waals surface area contributed by atoms with Gasteiger partial charge in [0.15, 0.2) is 0 Å². The van der Waals surface area contributed by atoms with Gasteiger partial charge in [0, 0.05) is 5.54 Å². The zero-order valence-corrected chi connectivity index (χ0v) is 8.42. The third-order valence-electron chi connectivity index (χ3n) is 2.10. The minimum atomic E-state index is -0.554. The van der Waals surface area contributed by atoms with Gasteiger partial charge >= 0.3 is 0 Å². The molecule has 0 saturated heterocycles. The van der Waals surface area contributed by atoms with Gasteiger partial charge in [0.2, 0.25) is 0 Å². The molecular weight excluding hydrogens is 166 g/mol. The van der Waals surface area contributed by atoms with Crippen molar-refractivity contribution in [1.29, 1.82) is 0 Å². The Bertz CT molecular complexity index is 289. The van der Waals surface area contributed by atoms with E-state index in [0.29, 0.717) is 6.42 Å². The number of aliphatic hydroxyl groups excluding tert-OH is 1. The lowest BCUT2D eigenvalue weighted by molar-refractivity contribution is 0.207. The summed E-state index contributed by atoms with van der Waals surface area (Å²) >= 11 is 0. The van der Waals surface area contributed by atoms with Crippen LogP contribution >= 0.6 is 0 Å². The standard InChI is InChI=1S/C10H17NO2/c1-7-4-9(8(2)13-7)5-10(3,11)6-12/h4,12H,5-6,11H2,1-3H3. The highest BCUT2D eigenvalue weighted by atomic mass is 16.3. The number of aliphatic hydroxyl groups is 1. The first-order chi connectivity index (χ1) is 5.94. The fraction of sp³-hybridized carbons (Fsp3) is 0.600. The zero-order valence-electron chi connectivity index (χ0n) is 8.42. The van der Waals surface area contributed by atoms with Crippen molar-refractivity contribution in [3.8, 4) is 0 Å². The fourth-order valence-electron chi connectivity index (χ4n) is 1.35. The van der Waals surface area contributed by atoms with Crippen LogP contribution in [0.4, 0.5) is 0 Å². The van der Waals surface area contributed by atoms with E-state index in [1.165, 1.54) is 0 Å². The van der Waals surface area contributed by atoms with E-state index in [1.54, 1.807) is 0 Å². The second kappa shape index (κ2) is 3.52. The van der Waals surface area contributed by atoms with E-state index in [4.69, 9.17) is 15.3 Å². The topological polar surface area (TPSA) is 59.4 Å². The van der Waals surface area contributed by atoms with Crippen LogP contribution in [0.2, 0.25) is 0 Å². The van der Waals surface area contributed by atoms with Gasteiger partial charge in [-0.1, -0.05) is 0 Å². The third kappa shape index (κ3) is 2.57. The summed E-state index contributed by atoms with van der Waals surface area (Å²) in [5, 5.41) is 9.00. The molecule has 74 valence electrons. The normalized spacial score (nSPS) is 15.8. The molecule has 1 aromatic rings. The molecule has 1 heterocycles. The molecule has 0 saturated carbocycles. The van der Waals surface area contributed by atoms with Crippen molar-refractivity contribution in [3.05, 3.63) is 23.2 Å². The van der Waals surface area contributed by atoms with Gasteiger partial charge in [-0.05, 0) is 38.8 Å². The maximum atomic E-state index is 9.00. The summed E-state index contributed by atoms with van der Waals surface area (Å²) in [5.41, 5.74) is 6.36. The average molecular weight is 183 g/mol. The summed E-state index contributed by atoms with van der Waals surface area (Å²) in [6.45, 7) is 5.63. The molecule has 0 bridgehead atoms. The summed E-state index contributed by atoms with van der Waals surface area (Å²) < 4.78 is 5.37. The fourth-order valence-corrected chi connectivity index (χ4v) is 1.35. The Hall–Kier alpha value is -0.800. The monoisotopic (exact) mass is 183 g/mol. The van der Waals surface area contributed by atoms with E-state index < -0.39 is 5.54 Å². The highest BCUT2D eigenvalue weighted by Crippen LogP contribution is 2.18. The van der Waals surface area contributed by atoms with Gasteiger partial charge in [0.05, 0.1) is 6.61 Å². The number of hydrogen-bond donors (Lipinski definition) is 2. The van der Waals surface area contributed by atoms with Crippen molar-refractivity contribution >= 4 is 0 Å². The molecule has 3 heteroatoms. The first-order valence-corrected chi connectivity index (χ1v) is 4.40.